The Kier molecular flexibility index (Phi) is 6.51. The highest BCUT2D eigenvalue weighted by molar-refractivity contribution is 5.95. The molecule has 0 radical (unpaired) electrons. The van der Waals surface area contributed by atoms with Crippen molar-refractivity contribution in [3.8, 4) is 23.0 Å². The Bertz CT molecular complexity index is 704. The highest BCUT2D eigenvalue weighted by Crippen LogP contribution is 2.29. The van der Waals surface area contributed by atoms with Crippen LogP contribution in [0.4, 0.5) is 0 Å². The van der Waals surface area contributed by atoms with Gasteiger partial charge in [-0.2, -0.15) is 0 Å². The topological polar surface area (TPSA) is 66.0 Å². The summed E-state index contributed by atoms with van der Waals surface area (Å²) in [5.74, 6) is 2.28. The van der Waals surface area contributed by atoms with E-state index in [9.17, 15) is 4.79 Å². The molecule has 0 bridgehead atoms. The summed E-state index contributed by atoms with van der Waals surface area (Å²) in [6.45, 7) is 2.56. The van der Waals surface area contributed by atoms with Crippen LogP contribution in [0.25, 0.3) is 0 Å². The quantitative estimate of drug-likeness (QED) is 0.745. The first kappa shape index (κ1) is 18.4. The highest BCUT2D eigenvalue weighted by Gasteiger charge is 2.13. The standard InChI is InChI=1S/C19H23NO5/c1-13-17(23-3)11-14(12-18(13)24-4)19(21)20-9-10-25-16-8-6-5-7-15(16)22-2/h5-8,11-12H,9-10H2,1-4H3,(H,20,21). The maximum atomic E-state index is 12.3. The molecule has 0 aliphatic rings. The molecule has 0 spiro atoms. The second-order valence-corrected chi connectivity index (χ2v) is 5.26. The molecular weight excluding hydrogens is 322 g/mol. The number of methoxy groups -OCH3 is 3. The first-order valence-electron chi connectivity index (χ1n) is 7.87. The maximum absolute atomic E-state index is 12.3. The van der Waals surface area contributed by atoms with Gasteiger partial charge in [-0.3, -0.25) is 4.79 Å². The van der Waals surface area contributed by atoms with Crippen LogP contribution in [0.5, 0.6) is 23.0 Å². The number of hydrogen-bond acceptors (Lipinski definition) is 5. The van der Waals surface area contributed by atoms with Crippen molar-refractivity contribution in [2.75, 3.05) is 34.5 Å². The normalized spacial score (nSPS) is 10.1. The van der Waals surface area contributed by atoms with Gasteiger partial charge in [0.15, 0.2) is 11.5 Å². The van der Waals surface area contributed by atoms with Crippen LogP contribution < -0.4 is 24.3 Å². The third-order valence-corrected chi connectivity index (χ3v) is 3.73. The predicted molar refractivity (Wildman–Crippen MR) is 95.1 cm³/mol. The molecule has 0 unspecified atom stereocenters. The number of benzene rings is 2. The van der Waals surface area contributed by atoms with Gasteiger partial charge in [-0.1, -0.05) is 12.1 Å². The van der Waals surface area contributed by atoms with Crippen LogP contribution in [0.1, 0.15) is 15.9 Å². The van der Waals surface area contributed by atoms with Crippen LogP contribution in [0.2, 0.25) is 0 Å². The van der Waals surface area contributed by atoms with Gasteiger partial charge in [0.25, 0.3) is 5.91 Å². The zero-order chi connectivity index (χ0) is 18.2. The molecule has 0 fully saturated rings. The van der Waals surface area contributed by atoms with Gasteiger partial charge in [-0.25, -0.2) is 0 Å². The van der Waals surface area contributed by atoms with Gasteiger partial charge < -0.3 is 24.3 Å². The molecule has 134 valence electrons. The molecule has 2 aromatic rings. The average Bonchev–Trinajstić information content (AvgIpc) is 2.65. The molecular formula is C19H23NO5. The molecule has 2 rings (SSSR count). The second-order valence-electron chi connectivity index (χ2n) is 5.26. The first-order valence-corrected chi connectivity index (χ1v) is 7.87. The molecule has 1 N–H and O–H groups in total. The molecule has 25 heavy (non-hydrogen) atoms. The zero-order valence-corrected chi connectivity index (χ0v) is 14.9. The van der Waals surface area contributed by atoms with Crippen LogP contribution in [-0.2, 0) is 0 Å². The molecule has 0 aliphatic heterocycles. The third kappa shape index (κ3) is 4.56. The fraction of sp³-hybridized carbons (Fsp3) is 0.316. The number of carbonyl (C=O) groups excluding carboxylic acids is 1. The van der Waals surface area contributed by atoms with Gasteiger partial charge in [0.05, 0.1) is 27.9 Å². The van der Waals surface area contributed by atoms with E-state index in [0.717, 1.165) is 5.56 Å². The molecule has 0 atom stereocenters. The van der Waals surface area contributed by atoms with Gasteiger partial charge in [0, 0.05) is 11.1 Å². The van der Waals surface area contributed by atoms with Crippen molar-refractivity contribution in [1.82, 2.24) is 5.32 Å². The van der Waals surface area contributed by atoms with E-state index in [0.29, 0.717) is 41.7 Å². The summed E-state index contributed by atoms with van der Waals surface area (Å²) in [4.78, 5) is 12.3. The summed E-state index contributed by atoms with van der Waals surface area (Å²) < 4.78 is 21.4. The average molecular weight is 345 g/mol. The van der Waals surface area contributed by atoms with E-state index < -0.39 is 0 Å². The van der Waals surface area contributed by atoms with Crippen molar-refractivity contribution in [3.63, 3.8) is 0 Å². The largest absolute Gasteiger partial charge is 0.496 e. The van der Waals surface area contributed by atoms with Crippen molar-refractivity contribution < 1.29 is 23.7 Å². The van der Waals surface area contributed by atoms with E-state index in [1.54, 1.807) is 33.5 Å². The number of nitrogens with one attached hydrogen (secondary N) is 1. The molecule has 2 aromatic carbocycles. The van der Waals surface area contributed by atoms with Gasteiger partial charge in [0.1, 0.15) is 18.1 Å². The third-order valence-electron chi connectivity index (χ3n) is 3.73. The van der Waals surface area contributed by atoms with E-state index in [1.807, 2.05) is 31.2 Å². The van der Waals surface area contributed by atoms with E-state index in [-0.39, 0.29) is 5.91 Å². The Morgan fingerprint density at radius 1 is 0.920 bits per heavy atom. The van der Waals surface area contributed by atoms with Crippen LogP contribution in [0, 0.1) is 6.92 Å². The number of hydrogen-bond donors (Lipinski definition) is 1. The number of rotatable bonds is 8. The summed E-state index contributed by atoms with van der Waals surface area (Å²) in [6, 6.07) is 10.7. The number of amides is 1. The van der Waals surface area contributed by atoms with E-state index in [2.05, 4.69) is 5.32 Å². The molecule has 0 heterocycles. The highest BCUT2D eigenvalue weighted by atomic mass is 16.5. The maximum Gasteiger partial charge on any atom is 0.251 e. The minimum Gasteiger partial charge on any atom is -0.496 e. The Morgan fingerprint density at radius 2 is 1.48 bits per heavy atom. The van der Waals surface area contributed by atoms with E-state index >= 15 is 0 Å². The van der Waals surface area contributed by atoms with Gasteiger partial charge in [-0.15, -0.1) is 0 Å². The number of ether oxygens (including phenoxy) is 4. The Morgan fingerprint density at radius 3 is 2.04 bits per heavy atom. The van der Waals surface area contributed by atoms with Crippen LogP contribution >= 0.6 is 0 Å². The Labute approximate surface area is 147 Å². The molecule has 6 heteroatoms. The fourth-order valence-corrected chi connectivity index (χ4v) is 2.38. The van der Waals surface area contributed by atoms with Gasteiger partial charge in [-0.05, 0) is 31.2 Å². The lowest BCUT2D eigenvalue weighted by atomic mass is 10.1. The van der Waals surface area contributed by atoms with Crippen LogP contribution in [0.15, 0.2) is 36.4 Å². The Hall–Kier alpha value is -2.89. The van der Waals surface area contributed by atoms with Crippen molar-refractivity contribution in [2.24, 2.45) is 0 Å². The number of para-hydroxylation sites is 2. The molecule has 0 aromatic heterocycles. The predicted octanol–water partition coefficient (Wildman–Crippen LogP) is 2.83. The van der Waals surface area contributed by atoms with E-state index in [1.165, 1.54) is 0 Å². The summed E-state index contributed by atoms with van der Waals surface area (Å²) in [5, 5.41) is 2.81. The van der Waals surface area contributed by atoms with Crippen LogP contribution in [0.3, 0.4) is 0 Å². The smallest absolute Gasteiger partial charge is 0.251 e. The first-order chi connectivity index (χ1) is 12.1. The second kappa shape index (κ2) is 8.82. The number of carbonyl (C=O) groups is 1. The Balaban J connectivity index is 1.94. The van der Waals surface area contributed by atoms with Crippen molar-refractivity contribution in [2.45, 2.75) is 6.92 Å². The van der Waals surface area contributed by atoms with Crippen molar-refractivity contribution in [3.05, 3.63) is 47.5 Å². The lowest BCUT2D eigenvalue weighted by Crippen LogP contribution is -2.28. The molecule has 0 aliphatic carbocycles. The van der Waals surface area contributed by atoms with Crippen molar-refractivity contribution in [1.29, 1.82) is 0 Å². The minimum atomic E-state index is -0.222. The van der Waals surface area contributed by atoms with Gasteiger partial charge >= 0.3 is 0 Å². The molecule has 0 saturated heterocycles. The fourth-order valence-electron chi connectivity index (χ4n) is 2.38. The zero-order valence-electron chi connectivity index (χ0n) is 14.9. The lowest BCUT2D eigenvalue weighted by molar-refractivity contribution is 0.0946. The monoisotopic (exact) mass is 345 g/mol. The summed E-state index contributed by atoms with van der Waals surface area (Å²) in [7, 11) is 4.71. The minimum absolute atomic E-state index is 0.222. The lowest BCUT2D eigenvalue weighted by Gasteiger charge is -2.13. The molecule has 1 amide bonds. The van der Waals surface area contributed by atoms with Crippen LogP contribution in [-0.4, -0.2) is 40.4 Å². The van der Waals surface area contributed by atoms with Crippen molar-refractivity contribution >= 4 is 5.91 Å². The molecule has 0 saturated carbocycles. The van der Waals surface area contributed by atoms with E-state index in [4.69, 9.17) is 18.9 Å². The SMILES string of the molecule is COc1ccccc1OCCNC(=O)c1cc(OC)c(C)c(OC)c1. The molecule has 6 nitrogen and oxygen atoms in total. The van der Waals surface area contributed by atoms with Gasteiger partial charge in [0.2, 0.25) is 0 Å². The summed E-state index contributed by atoms with van der Waals surface area (Å²) in [6.07, 6.45) is 0. The summed E-state index contributed by atoms with van der Waals surface area (Å²) >= 11 is 0. The summed E-state index contributed by atoms with van der Waals surface area (Å²) in [5.41, 5.74) is 1.32.